The minimum absolute atomic E-state index is 0.153. The van der Waals surface area contributed by atoms with Gasteiger partial charge in [-0.25, -0.2) is 13.1 Å². The van der Waals surface area contributed by atoms with Crippen LogP contribution in [0.2, 0.25) is 0 Å². The normalized spacial score (nSPS) is 11.3. The first kappa shape index (κ1) is 15.6. The highest BCUT2D eigenvalue weighted by molar-refractivity contribution is 7.89. The topological polar surface area (TPSA) is 72.2 Å². The molecule has 0 aliphatic heterocycles. The van der Waals surface area contributed by atoms with Crippen molar-refractivity contribution < 1.29 is 8.42 Å². The van der Waals surface area contributed by atoms with E-state index in [1.165, 1.54) is 12.1 Å². The van der Waals surface area contributed by atoms with E-state index in [-0.39, 0.29) is 16.4 Å². The molecule has 4 nitrogen and oxygen atoms in total. The quantitative estimate of drug-likeness (QED) is 0.828. The molecule has 0 spiro atoms. The maximum absolute atomic E-state index is 12.3. The third kappa shape index (κ3) is 4.10. The van der Waals surface area contributed by atoms with Crippen LogP contribution < -0.4 is 10.5 Å². The van der Waals surface area contributed by atoms with Crippen LogP contribution in [0, 0.1) is 6.92 Å². The number of benzene rings is 2. The highest BCUT2D eigenvalue weighted by Crippen LogP contribution is 2.12. The van der Waals surface area contributed by atoms with Crippen molar-refractivity contribution >= 4 is 27.2 Å². The zero-order valence-electron chi connectivity index (χ0n) is 11.5. The Morgan fingerprint density at radius 1 is 1.19 bits per heavy atom. The van der Waals surface area contributed by atoms with Crippen LogP contribution in [-0.4, -0.2) is 13.4 Å². The van der Waals surface area contributed by atoms with Gasteiger partial charge in [0.25, 0.3) is 0 Å². The van der Waals surface area contributed by atoms with E-state index in [0.717, 1.165) is 11.1 Å². The molecule has 21 heavy (non-hydrogen) atoms. The van der Waals surface area contributed by atoms with Crippen molar-refractivity contribution in [3.05, 3.63) is 65.2 Å². The van der Waals surface area contributed by atoms with Gasteiger partial charge in [-0.3, -0.25) is 0 Å². The summed E-state index contributed by atoms with van der Waals surface area (Å²) in [6.07, 6.45) is 0. The Kier molecular flexibility index (Phi) is 4.72. The lowest BCUT2D eigenvalue weighted by molar-refractivity contribution is 0.581. The monoisotopic (exact) mass is 320 g/mol. The van der Waals surface area contributed by atoms with Gasteiger partial charge in [0, 0.05) is 12.1 Å². The van der Waals surface area contributed by atoms with Gasteiger partial charge in [-0.15, -0.1) is 0 Å². The molecule has 2 aromatic rings. The molecule has 6 heteroatoms. The van der Waals surface area contributed by atoms with Gasteiger partial charge in [-0.2, -0.15) is 0 Å². The van der Waals surface area contributed by atoms with Gasteiger partial charge in [0.15, 0.2) is 0 Å². The summed E-state index contributed by atoms with van der Waals surface area (Å²) in [5.74, 6) is 0. The summed E-state index contributed by atoms with van der Waals surface area (Å²) in [5.41, 5.74) is 8.08. The predicted molar refractivity (Wildman–Crippen MR) is 87.5 cm³/mol. The van der Waals surface area contributed by atoms with Crippen molar-refractivity contribution in [3.8, 4) is 0 Å². The number of rotatable bonds is 5. The smallest absolute Gasteiger partial charge is 0.240 e. The second kappa shape index (κ2) is 6.34. The fourth-order valence-electron chi connectivity index (χ4n) is 1.78. The van der Waals surface area contributed by atoms with Gasteiger partial charge in [0.1, 0.15) is 4.99 Å². The SMILES string of the molecule is Cc1ccc(CNS(=O)(=O)c2cccc(C(N)=S)c2)cc1. The van der Waals surface area contributed by atoms with E-state index >= 15 is 0 Å². The van der Waals surface area contributed by atoms with E-state index in [1.54, 1.807) is 12.1 Å². The van der Waals surface area contributed by atoms with Crippen molar-refractivity contribution in [3.63, 3.8) is 0 Å². The molecule has 0 heterocycles. The van der Waals surface area contributed by atoms with Crippen LogP contribution in [0.15, 0.2) is 53.4 Å². The van der Waals surface area contributed by atoms with E-state index < -0.39 is 10.0 Å². The predicted octanol–water partition coefficient (Wildman–Crippen LogP) is 2.11. The second-order valence-corrected chi connectivity index (χ2v) is 6.91. The van der Waals surface area contributed by atoms with Gasteiger partial charge in [0.2, 0.25) is 10.0 Å². The lowest BCUT2D eigenvalue weighted by Gasteiger charge is -2.08. The molecule has 2 rings (SSSR count). The highest BCUT2D eigenvalue weighted by atomic mass is 32.2. The Hall–Kier alpha value is -1.76. The minimum Gasteiger partial charge on any atom is -0.389 e. The number of nitrogens with two attached hydrogens (primary N) is 1. The van der Waals surface area contributed by atoms with E-state index in [1.807, 2.05) is 31.2 Å². The number of nitrogens with one attached hydrogen (secondary N) is 1. The maximum Gasteiger partial charge on any atom is 0.240 e. The number of thiocarbonyl (C=S) groups is 1. The zero-order valence-corrected chi connectivity index (χ0v) is 13.2. The largest absolute Gasteiger partial charge is 0.389 e. The van der Waals surface area contributed by atoms with Gasteiger partial charge < -0.3 is 5.73 Å². The van der Waals surface area contributed by atoms with Gasteiger partial charge in [-0.1, -0.05) is 54.2 Å². The molecule has 0 atom stereocenters. The van der Waals surface area contributed by atoms with Crippen molar-refractivity contribution in [2.75, 3.05) is 0 Å². The minimum atomic E-state index is -3.59. The molecular weight excluding hydrogens is 304 g/mol. The van der Waals surface area contributed by atoms with E-state index in [9.17, 15) is 8.42 Å². The molecule has 0 saturated heterocycles. The number of hydrogen-bond acceptors (Lipinski definition) is 3. The van der Waals surface area contributed by atoms with Crippen molar-refractivity contribution in [1.29, 1.82) is 0 Å². The molecule has 0 aliphatic carbocycles. The fraction of sp³-hybridized carbons (Fsp3) is 0.133. The van der Waals surface area contributed by atoms with Crippen LogP contribution >= 0.6 is 12.2 Å². The Morgan fingerprint density at radius 2 is 1.86 bits per heavy atom. The lowest BCUT2D eigenvalue weighted by Crippen LogP contribution is -2.23. The Bertz CT molecular complexity index is 753. The summed E-state index contributed by atoms with van der Waals surface area (Å²) in [4.78, 5) is 0.325. The van der Waals surface area contributed by atoms with Crippen LogP contribution in [-0.2, 0) is 16.6 Å². The average molecular weight is 320 g/mol. The van der Waals surface area contributed by atoms with Crippen LogP contribution in [0.5, 0.6) is 0 Å². The molecular formula is C15H16N2O2S2. The molecule has 0 aliphatic rings. The third-order valence-electron chi connectivity index (χ3n) is 3.02. The van der Waals surface area contributed by atoms with E-state index in [0.29, 0.717) is 5.56 Å². The number of aryl methyl sites for hydroxylation is 1. The number of sulfonamides is 1. The first-order valence-corrected chi connectivity index (χ1v) is 8.23. The maximum atomic E-state index is 12.3. The first-order chi connectivity index (χ1) is 9.88. The van der Waals surface area contributed by atoms with Gasteiger partial charge in [-0.05, 0) is 24.6 Å². The van der Waals surface area contributed by atoms with E-state index in [4.69, 9.17) is 18.0 Å². The summed E-state index contributed by atoms with van der Waals surface area (Å²) >= 11 is 4.86. The van der Waals surface area contributed by atoms with Gasteiger partial charge in [0.05, 0.1) is 4.90 Å². The summed E-state index contributed by atoms with van der Waals surface area (Å²) in [6, 6.07) is 14.0. The summed E-state index contributed by atoms with van der Waals surface area (Å²) in [6.45, 7) is 2.22. The van der Waals surface area contributed by atoms with E-state index in [2.05, 4.69) is 4.72 Å². The zero-order chi connectivity index (χ0) is 15.5. The molecule has 110 valence electrons. The fourth-order valence-corrected chi connectivity index (χ4v) is 2.97. The van der Waals surface area contributed by atoms with Crippen LogP contribution in [0.3, 0.4) is 0 Å². The molecule has 0 aromatic heterocycles. The molecule has 0 radical (unpaired) electrons. The molecule has 0 fully saturated rings. The second-order valence-electron chi connectivity index (χ2n) is 4.70. The average Bonchev–Trinajstić information content (AvgIpc) is 2.47. The molecule has 0 bridgehead atoms. The highest BCUT2D eigenvalue weighted by Gasteiger charge is 2.14. The summed E-state index contributed by atoms with van der Waals surface area (Å²) in [5, 5.41) is 0. The van der Waals surface area contributed by atoms with Crippen molar-refractivity contribution in [1.82, 2.24) is 4.72 Å². The molecule has 2 aromatic carbocycles. The Labute approximate surface area is 130 Å². The van der Waals surface area contributed by atoms with Crippen LogP contribution in [0.25, 0.3) is 0 Å². The van der Waals surface area contributed by atoms with Gasteiger partial charge >= 0.3 is 0 Å². The summed E-state index contributed by atoms with van der Waals surface area (Å²) < 4.78 is 27.1. The van der Waals surface area contributed by atoms with Crippen LogP contribution in [0.1, 0.15) is 16.7 Å². The Balaban J connectivity index is 2.16. The van der Waals surface area contributed by atoms with Crippen LogP contribution in [0.4, 0.5) is 0 Å². The summed E-state index contributed by atoms with van der Waals surface area (Å²) in [7, 11) is -3.59. The third-order valence-corrected chi connectivity index (χ3v) is 4.65. The molecule has 0 saturated carbocycles. The number of hydrogen-bond donors (Lipinski definition) is 2. The Morgan fingerprint density at radius 3 is 2.48 bits per heavy atom. The molecule has 0 unspecified atom stereocenters. The first-order valence-electron chi connectivity index (χ1n) is 6.33. The van der Waals surface area contributed by atoms with Crippen molar-refractivity contribution in [2.24, 2.45) is 5.73 Å². The molecule has 3 N–H and O–H groups in total. The van der Waals surface area contributed by atoms with Crippen molar-refractivity contribution in [2.45, 2.75) is 18.4 Å². The lowest BCUT2D eigenvalue weighted by atomic mass is 10.2. The molecule has 0 amide bonds. The standard InChI is InChI=1S/C15H16N2O2S2/c1-11-5-7-12(8-6-11)10-17-21(18,19)14-4-2-3-13(9-14)15(16)20/h2-9,17H,10H2,1H3,(H2,16,20).